The number of hydrogen-bond donors (Lipinski definition) is 0. The molecular weight excluding hydrogens is 226 g/mol. The Morgan fingerprint density at radius 1 is 0.778 bits per heavy atom. The van der Waals surface area contributed by atoms with Crippen LogP contribution < -0.4 is 4.89 Å². The van der Waals surface area contributed by atoms with Gasteiger partial charge in [0.2, 0.25) is 0 Å². The van der Waals surface area contributed by atoms with E-state index in [0.29, 0.717) is 5.75 Å². The van der Waals surface area contributed by atoms with Crippen molar-refractivity contribution in [1.29, 1.82) is 0 Å². The Labute approximate surface area is 106 Å². The van der Waals surface area contributed by atoms with Gasteiger partial charge in [-0.1, -0.05) is 60.7 Å². The minimum absolute atomic E-state index is 0.621. The number of fused-ring (bicyclic) bond motifs is 1. The van der Waals surface area contributed by atoms with Crippen LogP contribution in [0.3, 0.4) is 0 Å². The zero-order valence-corrected chi connectivity index (χ0v) is 9.77. The van der Waals surface area contributed by atoms with E-state index in [4.69, 9.17) is 9.88 Å². The molecule has 3 nitrogen and oxygen atoms in total. The molecule has 2 rings (SSSR count). The molecule has 0 aromatic heterocycles. The van der Waals surface area contributed by atoms with Gasteiger partial charge in [0.15, 0.2) is 5.75 Å². The van der Waals surface area contributed by atoms with Crippen LogP contribution in [0.2, 0.25) is 0 Å². The van der Waals surface area contributed by atoms with E-state index in [9.17, 15) is 0 Å². The fourth-order valence-corrected chi connectivity index (χ4v) is 1.35. The summed E-state index contributed by atoms with van der Waals surface area (Å²) in [6.45, 7) is 0. The topological polar surface area (TPSA) is 30.8 Å². The summed E-state index contributed by atoms with van der Waals surface area (Å²) in [5, 5.41) is 3.65. The van der Waals surface area contributed by atoms with Gasteiger partial charge < -0.3 is 0 Å². The molecule has 1 aromatic carbocycles. The van der Waals surface area contributed by atoms with E-state index in [0.717, 1.165) is 5.56 Å². The molecule has 1 aliphatic heterocycles. The van der Waals surface area contributed by atoms with Gasteiger partial charge in [0.05, 0.1) is 6.21 Å². The average molecular weight is 239 g/mol. The van der Waals surface area contributed by atoms with Gasteiger partial charge in [-0.3, -0.25) is 4.89 Å². The monoisotopic (exact) mass is 239 g/mol. The fraction of sp³-hybridized carbons (Fsp3) is 0. The van der Waals surface area contributed by atoms with E-state index >= 15 is 0 Å². The number of nitrogens with zero attached hydrogens (tertiary/aromatic N) is 1. The lowest BCUT2D eigenvalue weighted by Gasteiger charge is -2.03. The van der Waals surface area contributed by atoms with E-state index in [1.54, 1.807) is 6.08 Å². The van der Waals surface area contributed by atoms with Crippen molar-refractivity contribution in [3.8, 4) is 5.75 Å². The molecule has 1 aromatic rings. The SMILES string of the molecule is C1=C\C=C/C=N\OOc2ccccc2/C=C\C=C/1. The molecule has 0 amide bonds. The van der Waals surface area contributed by atoms with Crippen molar-refractivity contribution in [2.75, 3.05) is 0 Å². The fourth-order valence-electron chi connectivity index (χ4n) is 1.35. The van der Waals surface area contributed by atoms with E-state index < -0.39 is 0 Å². The number of rotatable bonds is 0. The van der Waals surface area contributed by atoms with E-state index in [-0.39, 0.29) is 0 Å². The molecule has 0 saturated carbocycles. The van der Waals surface area contributed by atoms with Crippen LogP contribution in [0.5, 0.6) is 5.75 Å². The van der Waals surface area contributed by atoms with Gasteiger partial charge in [-0.05, 0) is 17.3 Å². The molecule has 0 unspecified atom stereocenters. The first kappa shape index (κ1) is 11.9. The van der Waals surface area contributed by atoms with Crippen LogP contribution in [-0.4, -0.2) is 6.21 Å². The van der Waals surface area contributed by atoms with E-state index in [1.807, 2.05) is 66.8 Å². The van der Waals surface area contributed by atoms with Crippen LogP contribution in [0.4, 0.5) is 0 Å². The summed E-state index contributed by atoms with van der Waals surface area (Å²) < 4.78 is 0. The molecule has 0 aliphatic carbocycles. The number of allylic oxidation sites excluding steroid dienone is 7. The zero-order chi connectivity index (χ0) is 12.5. The largest absolute Gasteiger partial charge is 0.267 e. The third-order valence-corrected chi connectivity index (χ3v) is 2.18. The highest BCUT2D eigenvalue weighted by atomic mass is 17.3. The lowest BCUT2D eigenvalue weighted by Crippen LogP contribution is -1.92. The van der Waals surface area contributed by atoms with Gasteiger partial charge in [0, 0.05) is 5.56 Å². The van der Waals surface area contributed by atoms with Crippen LogP contribution in [0.25, 0.3) is 6.08 Å². The number of oxime groups is 1. The Bertz CT molecular complexity index is 525. The van der Waals surface area contributed by atoms with Gasteiger partial charge in [0.25, 0.3) is 0 Å². The van der Waals surface area contributed by atoms with Crippen LogP contribution in [-0.2, 0) is 4.99 Å². The highest BCUT2D eigenvalue weighted by molar-refractivity contribution is 5.70. The van der Waals surface area contributed by atoms with Crippen LogP contribution in [0.15, 0.2) is 72.0 Å². The van der Waals surface area contributed by atoms with Crippen molar-refractivity contribution >= 4 is 12.3 Å². The molecule has 0 bridgehead atoms. The summed E-state index contributed by atoms with van der Waals surface area (Å²) in [4.78, 5) is 9.85. The summed E-state index contributed by atoms with van der Waals surface area (Å²) in [6.07, 6.45) is 16.7. The highest BCUT2D eigenvalue weighted by Gasteiger charge is 1.99. The Kier molecular flexibility index (Phi) is 4.58. The molecule has 0 spiro atoms. The standard InChI is InChI=1S/C15H13NO2/c1-2-4-6-10-14-11-7-8-12-15(14)17-18-16-13-9-5-3-1/h1-13H/b3-1-,4-2-,9-5-,10-6-,16-13-. The Morgan fingerprint density at radius 2 is 1.50 bits per heavy atom. The predicted octanol–water partition coefficient (Wildman–Crippen LogP) is 3.68. The molecule has 90 valence electrons. The normalized spacial score (nSPS) is 23.3. The van der Waals surface area contributed by atoms with Gasteiger partial charge in [-0.2, -0.15) is 4.99 Å². The Balaban J connectivity index is 2.23. The molecule has 0 fully saturated rings. The first-order valence-electron chi connectivity index (χ1n) is 5.59. The third kappa shape index (κ3) is 3.79. The Hall–Kier alpha value is -2.55. The molecule has 1 aliphatic rings. The second kappa shape index (κ2) is 6.91. The maximum absolute atomic E-state index is 5.11. The van der Waals surface area contributed by atoms with Gasteiger partial charge >= 0.3 is 0 Å². The molecular formula is C15H13NO2. The number of hydrogen-bond acceptors (Lipinski definition) is 3. The lowest BCUT2D eigenvalue weighted by atomic mass is 10.2. The van der Waals surface area contributed by atoms with Crippen molar-refractivity contribution in [3.05, 3.63) is 72.4 Å². The molecule has 0 radical (unpaired) electrons. The number of benzene rings is 1. The highest BCUT2D eigenvalue weighted by Crippen LogP contribution is 2.19. The second-order valence-electron chi connectivity index (χ2n) is 3.46. The van der Waals surface area contributed by atoms with Crippen molar-refractivity contribution in [2.45, 2.75) is 0 Å². The number of para-hydroxylation sites is 1. The minimum Gasteiger partial charge on any atom is -0.267 e. The molecule has 1 heterocycles. The molecule has 0 atom stereocenters. The van der Waals surface area contributed by atoms with E-state index in [1.165, 1.54) is 6.21 Å². The minimum atomic E-state index is 0.621. The summed E-state index contributed by atoms with van der Waals surface area (Å²) in [7, 11) is 0. The second-order valence-corrected chi connectivity index (χ2v) is 3.46. The summed E-state index contributed by atoms with van der Waals surface area (Å²) in [6, 6.07) is 7.57. The van der Waals surface area contributed by atoms with Crippen LogP contribution >= 0.6 is 0 Å². The maximum atomic E-state index is 5.11. The molecule has 0 saturated heterocycles. The average Bonchev–Trinajstić information content (AvgIpc) is 2.41. The van der Waals surface area contributed by atoms with Crippen molar-refractivity contribution in [1.82, 2.24) is 0 Å². The molecule has 3 heteroatoms. The first-order valence-corrected chi connectivity index (χ1v) is 5.59. The van der Waals surface area contributed by atoms with Gasteiger partial charge in [-0.15, -0.1) is 0 Å². The van der Waals surface area contributed by atoms with Gasteiger partial charge in [0.1, 0.15) is 0 Å². The zero-order valence-electron chi connectivity index (χ0n) is 9.77. The quantitative estimate of drug-likeness (QED) is 0.646. The van der Waals surface area contributed by atoms with Crippen molar-refractivity contribution in [3.63, 3.8) is 0 Å². The third-order valence-electron chi connectivity index (χ3n) is 2.18. The summed E-state index contributed by atoms with van der Waals surface area (Å²) >= 11 is 0. The molecule has 0 N–H and O–H groups in total. The lowest BCUT2D eigenvalue weighted by molar-refractivity contribution is -0.206. The summed E-state index contributed by atoms with van der Waals surface area (Å²) in [5.74, 6) is 0.621. The van der Waals surface area contributed by atoms with Crippen LogP contribution in [0, 0.1) is 0 Å². The first-order chi connectivity index (χ1) is 8.97. The van der Waals surface area contributed by atoms with Crippen LogP contribution in [0.1, 0.15) is 5.56 Å². The van der Waals surface area contributed by atoms with Gasteiger partial charge in [-0.25, -0.2) is 0 Å². The Morgan fingerprint density at radius 3 is 2.39 bits per heavy atom. The van der Waals surface area contributed by atoms with Crippen molar-refractivity contribution < 1.29 is 9.88 Å². The smallest absolute Gasteiger partial charge is 0.188 e. The summed E-state index contributed by atoms with van der Waals surface area (Å²) in [5.41, 5.74) is 0.925. The maximum Gasteiger partial charge on any atom is 0.188 e. The van der Waals surface area contributed by atoms with E-state index in [2.05, 4.69) is 5.16 Å². The molecule has 18 heavy (non-hydrogen) atoms. The predicted molar refractivity (Wildman–Crippen MR) is 73.1 cm³/mol. The van der Waals surface area contributed by atoms with Crippen molar-refractivity contribution in [2.24, 2.45) is 5.16 Å².